The SMILES string of the molecule is Cc1c(CNCc2ccc(F)s2)cnn1C(C)C.Cl. The molecule has 0 aliphatic rings. The van der Waals surface area contributed by atoms with Crippen LogP contribution >= 0.6 is 23.7 Å². The predicted octanol–water partition coefficient (Wildman–Crippen LogP) is 3.68. The Bertz CT molecular complexity index is 522. The van der Waals surface area contributed by atoms with Crippen molar-refractivity contribution in [2.45, 2.75) is 39.9 Å². The molecule has 1 N–H and O–H groups in total. The molecular formula is C13H19ClFN3S. The Hall–Kier alpha value is -0.910. The van der Waals surface area contributed by atoms with Crippen molar-refractivity contribution in [2.24, 2.45) is 0 Å². The van der Waals surface area contributed by atoms with Crippen LogP contribution in [-0.2, 0) is 13.1 Å². The summed E-state index contributed by atoms with van der Waals surface area (Å²) in [5.74, 6) is 0. The number of hydrogen-bond acceptors (Lipinski definition) is 3. The highest BCUT2D eigenvalue weighted by atomic mass is 35.5. The van der Waals surface area contributed by atoms with E-state index in [4.69, 9.17) is 0 Å². The predicted molar refractivity (Wildman–Crippen MR) is 79.4 cm³/mol. The summed E-state index contributed by atoms with van der Waals surface area (Å²) >= 11 is 1.19. The van der Waals surface area contributed by atoms with Gasteiger partial charge in [-0.25, -0.2) is 0 Å². The number of nitrogens with zero attached hydrogens (tertiary/aromatic N) is 2. The van der Waals surface area contributed by atoms with Gasteiger partial charge in [0.25, 0.3) is 0 Å². The van der Waals surface area contributed by atoms with Crippen molar-refractivity contribution in [3.63, 3.8) is 0 Å². The quantitative estimate of drug-likeness (QED) is 0.913. The molecule has 0 bridgehead atoms. The normalized spacial score (nSPS) is 10.8. The molecule has 0 spiro atoms. The van der Waals surface area contributed by atoms with E-state index >= 15 is 0 Å². The van der Waals surface area contributed by atoms with Crippen LogP contribution in [0.3, 0.4) is 0 Å². The van der Waals surface area contributed by atoms with E-state index in [1.807, 2.05) is 16.9 Å². The number of thiophene rings is 1. The maximum atomic E-state index is 12.8. The number of rotatable bonds is 5. The van der Waals surface area contributed by atoms with Crippen molar-refractivity contribution in [3.8, 4) is 0 Å². The van der Waals surface area contributed by atoms with Gasteiger partial charge < -0.3 is 5.32 Å². The second kappa shape index (κ2) is 7.03. The van der Waals surface area contributed by atoms with E-state index in [2.05, 4.69) is 31.2 Å². The summed E-state index contributed by atoms with van der Waals surface area (Å²) in [6.45, 7) is 7.77. The zero-order chi connectivity index (χ0) is 13.1. The van der Waals surface area contributed by atoms with E-state index in [9.17, 15) is 4.39 Å². The fraction of sp³-hybridized carbons (Fsp3) is 0.462. The zero-order valence-corrected chi connectivity index (χ0v) is 12.9. The molecule has 2 aromatic heterocycles. The van der Waals surface area contributed by atoms with E-state index in [1.54, 1.807) is 0 Å². The monoisotopic (exact) mass is 303 g/mol. The lowest BCUT2D eigenvalue weighted by atomic mass is 10.2. The van der Waals surface area contributed by atoms with E-state index in [-0.39, 0.29) is 17.5 Å². The fourth-order valence-electron chi connectivity index (χ4n) is 1.92. The van der Waals surface area contributed by atoms with Crippen LogP contribution in [0.15, 0.2) is 18.3 Å². The maximum Gasteiger partial charge on any atom is 0.176 e. The van der Waals surface area contributed by atoms with Gasteiger partial charge in [0.05, 0.1) is 6.20 Å². The first kappa shape index (κ1) is 16.1. The van der Waals surface area contributed by atoms with Crippen molar-refractivity contribution in [3.05, 3.63) is 39.6 Å². The van der Waals surface area contributed by atoms with Crippen molar-refractivity contribution >= 4 is 23.7 Å². The summed E-state index contributed by atoms with van der Waals surface area (Å²) in [5.41, 5.74) is 2.38. The Balaban J connectivity index is 0.00000180. The number of halogens is 2. The molecule has 0 amide bonds. The molecular weight excluding hydrogens is 285 g/mol. The van der Waals surface area contributed by atoms with Gasteiger partial charge in [0.2, 0.25) is 0 Å². The molecule has 2 aromatic rings. The van der Waals surface area contributed by atoms with E-state index in [0.717, 1.165) is 11.4 Å². The molecule has 19 heavy (non-hydrogen) atoms. The van der Waals surface area contributed by atoms with Gasteiger partial charge >= 0.3 is 0 Å². The minimum Gasteiger partial charge on any atom is -0.308 e. The third-order valence-corrected chi connectivity index (χ3v) is 3.75. The standard InChI is InChI=1S/C13H18FN3S.ClH/c1-9(2)17-10(3)11(7-16-17)6-15-8-12-4-5-13(14)18-12;/h4-5,7,9,15H,6,8H2,1-3H3;1H. The van der Waals surface area contributed by atoms with E-state index in [0.29, 0.717) is 12.6 Å². The zero-order valence-electron chi connectivity index (χ0n) is 11.3. The van der Waals surface area contributed by atoms with Crippen molar-refractivity contribution < 1.29 is 4.39 Å². The van der Waals surface area contributed by atoms with Gasteiger partial charge in [-0.3, -0.25) is 4.68 Å². The highest BCUT2D eigenvalue weighted by molar-refractivity contribution is 7.10. The van der Waals surface area contributed by atoms with Crippen LogP contribution in [0.1, 0.15) is 36.0 Å². The van der Waals surface area contributed by atoms with Gasteiger partial charge in [0, 0.05) is 35.3 Å². The highest BCUT2D eigenvalue weighted by Gasteiger charge is 2.08. The van der Waals surface area contributed by atoms with Gasteiger partial charge in [0.15, 0.2) is 5.13 Å². The van der Waals surface area contributed by atoms with Crippen LogP contribution in [-0.4, -0.2) is 9.78 Å². The molecule has 0 atom stereocenters. The summed E-state index contributed by atoms with van der Waals surface area (Å²) < 4.78 is 14.8. The summed E-state index contributed by atoms with van der Waals surface area (Å²) in [7, 11) is 0. The van der Waals surface area contributed by atoms with Gasteiger partial charge in [-0.15, -0.1) is 23.7 Å². The molecule has 0 fully saturated rings. The second-order valence-corrected chi connectivity index (χ2v) is 5.72. The number of hydrogen-bond donors (Lipinski definition) is 1. The molecule has 3 nitrogen and oxygen atoms in total. The summed E-state index contributed by atoms with van der Waals surface area (Å²) in [6.07, 6.45) is 1.90. The molecule has 0 aliphatic carbocycles. The van der Waals surface area contributed by atoms with Crippen LogP contribution in [0.2, 0.25) is 0 Å². The lowest BCUT2D eigenvalue weighted by Crippen LogP contribution is -2.13. The molecule has 0 radical (unpaired) electrons. The Kier molecular flexibility index (Phi) is 5.97. The molecule has 106 valence electrons. The average molecular weight is 304 g/mol. The van der Waals surface area contributed by atoms with E-state index in [1.165, 1.54) is 28.7 Å². The molecule has 0 aromatic carbocycles. The molecule has 2 rings (SSSR count). The largest absolute Gasteiger partial charge is 0.308 e. The lowest BCUT2D eigenvalue weighted by Gasteiger charge is -2.09. The summed E-state index contributed by atoms with van der Waals surface area (Å²) in [5, 5.41) is 7.55. The summed E-state index contributed by atoms with van der Waals surface area (Å²) in [6, 6.07) is 3.70. The average Bonchev–Trinajstić information content (AvgIpc) is 2.87. The third kappa shape index (κ3) is 4.03. The molecule has 0 saturated carbocycles. The van der Waals surface area contributed by atoms with Crippen LogP contribution in [0.25, 0.3) is 0 Å². The lowest BCUT2D eigenvalue weighted by molar-refractivity contribution is 0.517. The van der Waals surface area contributed by atoms with Crippen LogP contribution in [0.5, 0.6) is 0 Å². The van der Waals surface area contributed by atoms with Crippen LogP contribution in [0.4, 0.5) is 4.39 Å². The smallest absolute Gasteiger partial charge is 0.176 e. The third-order valence-electron chi connectivity index (χ3n) is 2.88. The first-order valence-electron chi connectivity index (χ1n) is 6.06. The Morgan fingerprint density at radius 2 is 2.11 bits per heavy atom. The number of aromatic nitrogens is 2. The first-order chi connectivity index (χ1) is 8.58. The van der Waals surface area contributed by atoms with Crippen molar-refractivity contribution in [2.75, 3.05) is 0 Å². The first-order valence-corrected chi connectivity index (χ1v) is 6.87. The van der Waals surface area contributed by atoms with Gasteiger partial charge in [-0.2, -0.15) is 9.49 Å². The molecule has 0 saturated heterocycles. The molecule has 2 heterocycles. The van der Waals surface area contributed by atoms with Crippen molar-refractivity contribution in [1.82, 2.24) is 15.1 Å². The van der Waals surface area contributed by atoms with Crippen LogP contribution in [0, 0.1) is 12.1 Å². The second-order valence-electron chi connectivity index (χ2n) is 4.60. The maximum absolute atomic E-state index is 12.8. The van der Waals surface area contributed by atoms with Gasteiger partial charge in [0.1, 0.15) is 0 Å². The van der Waals surface area contributed by atoms with Gasteiger partial charge in [-0.05, 0) is 32.9 Å². The molecule has 0 aliphatic heterocycles. The fourth-order valence-corrected chi connectivity index (χ4v) is 2.62. The Morgan fingerprint density at radius 1 is 1.37 bits per heavy atom. The number of nitrogens with one attached hydrogen (secondary N) is 1. The minimum atomic E-state index is -0.129. The Labute approximate surface area is 123 Å². The minimum absolute atomic E-state index is 0. The van der Waals surface area contributed by atoms with E-state index < -0.39 is 0 Å². The topological polar surface area (TPSA) is 29.9 Å². The Morgan fingerprint density at radius 3 is 2.63 bits per heavy atom. The molecule has 6 heteroatoms. The summed E-state index contributed by atoms with van der Waals surface area (Å²) in [4.78, 5) is 1.02. The highest BCUT2D eigenvalue weighted by Crippen LogP contribution is 2.15. The molecule has 0 unspecified atom stereocenters. The van der Waals surface area contributed by atoms with Crippen molar-refractivity contribution in [1.29, 1.82) is 0 Å². The van der Waals surface area contributed by atoms with Crippen LogP contribution < -0.4 is 5.32 Å². The van der Waals surface area contributed by atoms with Gasteiger partial charge in [-0.1, -0.05) is 0 Å².